The van der Waals surface area contributed by atoms with Crippen molar-refractivity contribution in [2.75, 3.05) is 26.0 Å². The molecular weight excluding hydrogens is 442 g/mol. The van der Waals surface area contributed by atoms with Crippen LogP contribution in [0.1, 0.15) is 17.3 Å². The summed E-state index contributed by atoms with van der Waals surface area (Å²) < 4.78 is 33.7. The molecule has 2 aromatic carbocycles. The second kappa shape index (κ2) is 9.00. The Morgan fingerprint density at radius 3 is 2.58 bits per heavy atom. The number of sulfonamides is 1. The lowest BCUT2D eigenvalue weighted by Gasteiger charge is -2.16. The number of rotatable bonds is 7. The third-order valence-corrected chi connectivity index (χ3v) is 6.81. The molecule has 33 heavy (non-hydrogen) atoms. The van der Waals surface area contributed by atoms with Crippen LogP contribution in [0.15, 0.2) is 71.9 Å². The van der Waals surface area contributed by atoms with Gasteiger partial charge < -0.3 is 10.1 Å². The molecule has 1 N–H and O–H groups in total. The van der Waals surface area contributed by atoms with Crippen molar-refractivity contribution >= 4 is 27.3 Å². The van der Waals surface area contributed by atoms with Crippen LogP contribution in [0.5, 0.6) is 5.75 Å². The van der Waals surface area contributed by atoms with Gasteiger partial charge in [-0.1, -0.05) is 30.3 Å². The van der Waals surface area contributed by atoms with Gasteiger partial charge in [-0.15, -0.1) is 0 Å². The minimum Gasteiger partial charge on any atom is -0.492 e. The fraction of sp³-hybridized carbons (Fsp3) is 0.174. The van der Waals surface area contributed by atoms with E-state index >= 15 is 0 Å². The van der Waals surface area contributed by atoms with E-state index in [-0.39, 0.29) is 16.2 Å². The highest BCUT2D eigenvalue weighted by molar-refractivity contribution is 7.89. The summed E-state index contributed by atoms with van der Waals surface area (Å²) >= 11 is 0. The number of carbonyl (C=O) groups excluding carboxylic acids is 1. The first-order valence-electron chi connectivity index (χ1n) is 10.2. The number of amides is 1. The fourth-order valence-electron chi connectivity index (χ4n) is 3.34. The monoisotopic (exact) mass is 465 g/mol. The van der Waals surface area contributed by atoms with E-state index in [0.29, 0.717) is 17.9 Å². The summed E-state index contributed by atoms with van der Waals surface area (Å²) in [7, 11) is -0.913. The van der Waals surface area contributed by atoms with Crippen molar-refractivity contribution in [2.45, 2.75) is 11.8 Å². The average molecular weight is 466 g/mol. The number of nitrogens with one attached hydrogen (secondary N) is 1. The van der Waals surface area contributed by atoms with E-state index in [1.807, 2.05) is 36.4 Å². The van der Waals surface area contributed by atoms with Crippen LogP contribution in [0.2, 0.25) is 0 Å². The van der Waals surface area contributed by atoms with Gasteiger partial charge in [0, 0.05) is 31.5 Å². The van der Waals surface area contributed by atoms with Crippen molar-refractivity contribution in [2.24, 2.45) is 0 Å². The molecule has 4 rings (SSSR count). The molecule has 0 radical (unpaired) electrons. The number of nitrogens with zero attached hydrogens (tertiary/aromatic N) is 4. The van der Waals surface area contributed by atoms with Crippen molar-refractivity contribution < 1.29 is 17.9 Å². The number of ether oxygens (including phenoxy) is 1. The smallest absolute Gasteiger partial charge is 0.261 e. The van der Waals surface area contributed by atoms with Gasteiger partial charge in [0.1, 0.15) is 16.2 Å². The Hall–Kier alpha value is -3.76. The summed E-state index contributed by atoms with van der Waals surface area (Å²) in [4.78, 5) is 17.3. The molecule has 2 heterocycles. The lowest BCUT2D eigenvalue weighted by Crippen LogP contribution is -2.23. The molecule has 0 fully saturated rings. The number of hydrogen-bond acceptors (Lipinski definition) is 6. The maximum absolute atomic E-state index is 13.0. The van der Waals surface area contributed by atoms with E-state index in [9.17, 15) is 13.2 Å². The van der Waals surface area contributed by atoms with Gasteiger partial charge in [-0.3, -0.25) is 4.79 Å². The molecule has 170 valence electrons. The Balaban J connectivity index is 1.69. The minimum atomic E-state index is -3.78. The van der Waals surface area contributed by atoms with Crippen LogP contribution in [0.3, 0.4) is 0 Å². The highest BCUT2D eigenvalue weighted by atomic mass is 32.2. The molecule has 0 aliphatic carbocycles. The molecule has 1 amide bonds. The molecule has 4 aromatic rings. The van der Waals surface area contributed by atoms with Gasteiger partial charge in [0.05, 0.1) is 18.5 Å². The largest absolute Gasteiger partial charge is 0.492 e. The third-order valence-electron chi connectivity index (χ3n) is 4.98. The van der Waals surface area contributed by atoms with Crippen molar-refractivity contribution in [3.63, 3.8) is 0 Å². The zero-order chi connectivity index (χ0) is 23.6. The normalized spacial score (nSPS) is 11.6. The number of anilines is 1. The lowest BCUT2D eigenvalue weighted by molar-refractivity contribution is 0.102. The molecular formula is C23H23N5O4S. The summed E-state index contributed by atoms with van der Waals surface area (Å²) in [6.45, 7) is 2.07. The molecule has 0 atom stereocenters. The van der Waals surface area contributed by atoms with Crippen LogP contribution < -0.4 is 10.1 Å². The van der Waals surface area contributed by atoms with Crippen LogP contribution in [-0.2, 0) is 10.0 Å². The Morgan fingerprint density at radius 1 is 1.12 bits per heavy atom. The number of benzene rings is 2. The highest BCUT2D eigenvalue weighted by Crippen LogP contribution is 2.30. The van der Waals surface area contributed by atoms with Crippen molar-refractivity contribution in [1.82, 2.24) is 18.9 Å². The molecule has 0 bridgehead atoms. The molecule has 10 heteroatoms. The zero-order valence-electron chi connectivity index (χ0n) is 18.4. The maximum atomic E-state index is 13.0. The first-order valence-corrected chi connectivity index (χ1v) is 11.7. The number of carbonyl (C=O) groups is 1. The van der Waals surface area contributed by atoms with Crippen LogP contribution in [0, 0.1) is 0 Å². The van der Waals surface area contributed by atoms with Crippen LogP contribution in [0.4, 0.5) is 5.69 Å². The van der Waals surface area contributed by atoms with Crippen molar-refractivity contribution in [3.8, 4) is 17.0 Å². The quantitative estimate of drug-likeness (QED) is 0.449. The van der Waals surface area contributed by atoms with Gasteiger partial charge in [-0.05, 0) is 31.2 Å². The number of fused-ring (bicyclic) bond motifs is 1. The fourth-order valence-corrected chi connectivity index (χ4v) is 4.39. The predicted octanol–water partition coefficient (Wildman–Crippen LogP) is 3.30. The van der Waals surface area contributed by atoms with Gasteiger partial charge in [-0.25, -0.2) is 22.2 Å². The number of hydrogen-bond donors (Lipinski definition) is 1. The third kappa shape index (κ3) is 4.30. The van der Waals surface area contributed by atoms with Crippen LogP contribution >= 0.6 is 0 Å². The van der Waals surface area contributed by atoms with Gasteiger partial charge in [0.25, 0.3) is 5.91 Å². The number of aromatic nitrogens is 3. The Morgan fingerprint density at radius 2 is 1.88 bits per heavy atom. The van der Waals surface area contributed by atoms with Gasteiger partial charge in [-0.2, -0.15) is 5.10 Å². The van der Waals surface area contributed by atoms with Gasteiger partial charge >= 0.3 is 0 Å². The summed E-state index contributed by atoms with van der Waals surface area (Å²) in [5, 5.41) is 7.09. The predicted molar refractivity (Wildman–Crippen MR) is 125 cm³/mol. The molecule has 0 aliphatic rings. The standard InChI is InChI=1S/C23H23N5O4S/c1-4-32-20-11-10-17(14-21(20)33(30,31)27(2)3)26-23(29)18-15-25-28-19(12-13-24-22(18)28)16-8-6-5-7-9-16/h5-15H,4H2,1-3H3,(H,26,29). The summed E-state index contributed by atoms with van der Waals surface area (Å²) in [6, 6.07) is 16.0. The zero-order valence-corrected chi connectivity index (χ0v) is 19.2. The SMILES string of the molecule is CCOc1ccc(NC(=O)c2cnn3c(-c4ccccc4)ccnc23)cc1S(=O)(=O)N(C)C. The first-order chi connectivity index (χ1) is 15.8. The second-order valence-corrected chi connectivity index (χ2v) is 9.45. The van der Waals surface area contributed by atoms with Crippen molar-refractivity contribution in [1.29, 1.82) is 0 Å². The molecule has 2 aromatic heterocycles. The summed E-state index contributed by atoms with van der Waals surface area (Å²) in [5.74, 6) is -0.241. The molecule has 9 nitrogen and oxygen atoms in total. The van der Waals surface area contributed by atoms with E-state index in [2.05, 4.69) is 15.4 Å². The lowest BCUT2D eigenvalue weighted by atomic mass is 10.1. The Labute approximate surface area is 191 Å². The van der Waals surface area contributed by atoms with Crippen molar-refractivity contribution in [3.05, 3.63) is 72.6 Å². The summed E-state index contributed by atoms with van der Waals surface area (Å²) in [6.07, 6.45) is 3.06. The second-order valence-electron chi connectivity index (χ2n) is 7.33. The molecule has 0 spiro atoms. The van der Waals surface area contributed by atoms with E-state index < -0.39 is 15.9 Å². The molecule has 0 aliphatic heterocycles. The van der Waals surface area contributed by atoms with Crippen LogP contribution in [0.25, 0.3) is 16.9 Å². The topological polar surface area (TPSA) is 106 Å². The summed E-state index contributed by atoms with van der Waals surface area (Å²) in [5.41, 5.74) is 2.69. The minimum absolute atomic E-state index is 0.0310. The average Bonchev–Trinajstić information content (AvgIpc) is 3.25. The van der Waals surface area contributed by atoms with Gasteiger partial charge in [0.2, 0.25) is 10.0 Å². The molecule has 0 saturated carbocycles. The Kier molecular flexibility index (Phi) is 6.12. The van der Waals surface area contributed by atoms with Gasteiger partial charge in [0.15, 0.2) is 5.65 Å². The maximum Gasteiger partial charge on any atom is 0.261 e. The Bertz CT molecular complexity index is 1420. The molecule has 0 unspecified atom stereocenters. The first kappa shape index (κ1) is 22.4. The van der Waals surface area contributed by atoms with E-state index in [1.165, 1.54) is 32.4 Å². The van der Waals surface area contributed by atoms with E-state index in [4.69, 9.17) is 4.74 Å². The molecule has 0 saturated heterocycles. The van der Waals surface area contributed by atoms with E-state index in [1.54, 1.807) is 23.7 Å². The highest BCUT2D eigenvalue weighted by Gasteiger charge is 2.24. The van der Waals surface area contributed by atoms with Crippen LogP contribution in [-0.4, -0.2) is 53.9 Å². The van der Waals surface area contributed by atoms with E-state index in [0.717, 1.165) is 15.6 Å².